The van der Waals surface area contributed by atoms with Gasteiger partial charge in [-0.15, -0.1) is 0 Å². The summed E-state index contributed by atoms with van der Waals surface area (Å²) in [7, 11) is 1.74. The number of nitrogens with zero attached hydrogens (tertiary/aromatic N) is 1. The Hall–Kier alpha value is -2.24. The standard InChI is InChI=1S/C21H25ClN2O3/c1-24(10-11-27-20-7-3-5-18(22)13-20)21(25)23-19-6-2-4-17(12-19)15-26-14-16-8-9-16/h2-7,12-13,16H,8-11,14-15H2,1H3,(H,23,25). The van der Waals surface area contributed by atoms with Gasteiger partial charge >= 0.3 is 6.03 Å². The highest BCUT2D eigenvalue weighted by molar-refractivity contribution is 6.30. The molecule has 0 spiro atoms. The van der Waals surface area contributed by atoms with Gasteiger partial charge < -0.3 is 19.7 Å². The maximum absolute atomic E-state index is 12.3. The van der Waals surface area contributed by atoms with Gasteiger partial charge in [-0.25, -0.2) is 4.79 Å². The number of nitrogens with one attached hydrogen (secondary N) is 1. The fraction of sp³-hybridized carbons (Fsp3) is 0.381. The Labute approximate surface area is 165 Å². The third kappa shape index (κ3) is 6.77. The summed E-state index contributed by atoms with van der Waals surface area (Å²) in [5.74, 6) is 1.44. The van der Waals surface area contributed by atoms with Crippen molar-refractivity contribution in [3.63, 3.8) is 0 Å². The number of carbonyl (C=O) groups excluding carboxylic acids is 1. The summed E-state index contributed by atoms with van der Waals surface area (Å²) in [5, 5.41) is 3.53. The fourth-order valence-corrected chi connectivity index (χ4v) is 2.72. The number of anilines is 1. The molecule has 0 radical (unpaired) electrons. The van der Waals surface area contributed by atoms with Gasteiger partial charge in [0.25, 0.3) is 0 Å². The van der Waals surface area contributed by atoms with Crippen molar-refractivity contribution in [2.75, 3.05) is 32.1 Å². The third-order valence-corrected chi connectivity index (χ3v) is 4.57. The van der Waals surface area contributed by atoms with E-state index in [0.29, 0.717) is 30.5 Å². The number of ether oxygens (including phenoxy) is 2. The van der Waals surface area contributed by atoms with E-state index in [-0.39, 0.29) is 6.03 Å². The van der Waals surface area contributed by atoms with Gasteiger partial charge in [0.15, 0.2) is 0 Å². The van der Waals surface area contributed by atoms with E-state index in [4.69, 9.17) is 21.1 Å². The normalized spacial score (nSPS) is 13.3. The van der Waals surface area contributed by atoms with Crippen molar-refractivity contribution in [1.29, 1.82) is 0 Å². The molecule has 1 N–H and O–H groups in total. The zero-order valence-electron chi connectivity index (χ0n) is 15.5. The van der Waals surface area contributed by atoms with E-state index < -0.39 is 0 Å². The zero-order valence-corrected chi connectivity index (χ0v) is 16.2. The average molecular weight is 389 g/mol. The first-order chi connectivity index (χ1) is 13.1. The van der Waals surface area contributed by atoms with Gasteiger partial charge in [-0.05, 0) is 54.7 Å². The molecule has 0 atom stereocenters. The number of hydrogen-bond acceptors (Lipinski definition) is 3. The molecule has 0 aliphatic heterocycles. The van der Waals surface area contributed by atoms with Gasteiger partial charge in [0.1, 0.15) is 12.4 Å². The van der Waals surface area contributed by atoms with Crippen molar-refractivity contribution in [3.05, 3.63) is 59.1 Å². The third-order valence-electron chi connectivity index (χ3n) is 4.34. The second-order valence-corrected chi connectivity index (χ2v) is 7.25. The van der Waals surface area contributed by atoms with Crippen molar-refractivity contribution in [3.8, 4) is 5.75 Å². The molecule has 1 aliphatic carbocycles. The summed E-state index contributed by atoms with van der Waals surface area (Å²) in [5.41, 5.74) is 1.82. The number of halogens is 1. The highest BCUT2D eigenvalue weighted by atomic mass is 35.5. The number of amides is 2. The first kappa shape index (κ1) is 19.5. The predicted molar refractivity (Wildman–Crippen MR) is 107 cm³/mol. The van der Waals surface area contributed by atoms with Crippen molar-refractivity contribution < 1.29 is 14.3 Å². The molecular weight excluding hydrogens is 364 g/mol. The Balaban J connectivity index is 1.41. The molecule has 2 aromatic rings. The lowest BCUT2D eigenvalue weighted by Crippen LogP contribution is -2.34. The number of likely N-dealkylation sites (N-methyl/N-ethyl adjacent to an activating group) is 1. The van der Waals surface area contributed by atoms with Crippen LogP contribution < -0.4 is 10.1 Å². The van der Waals surface area contributed by atoms with E-state index in [1.807, 2.05) is 36.4 Å². The highest BCUT2D eigenvalue weighted by Crippen LogP contribution is 2.29. The van der Waals surface area contributed by atoms with Crippen LogP contribution >= 0.6 is 11.6 Å². The van der Waals surface area contributed by atoms with E-state index in [9.17, 15) is 4.79 Å². The number of urea groups is 1. The lowest BCUT2D eigenvalue weighted by Gasteiger charge is -2.18. The van der Waals surface area contributed by atoms with Crippen LogP contribution in [0.4, 0.5) is 10.5 Å². The van der Waals surface area contributed by atoms with Crippen LogP contribution in [0.3, 0.4) is 0 Å². The van der Waals surface area contributed by atoms with Gasteiger partial charge in [-0.1, -0.05) is 29.8 Å². The molecule has 0 saturated heterocycles. The molecule has 0 aromatic heterocycles. The largest absolute Gasteiger partial charge is 0.492 e. The lowest BCUT2D eigenvalue weighted by atomic mass is 10.2. The summed E-state index contributed by atoms with van der Waals surface area (Å²) >= 11 is 5.93. The summed E-state index contributed by atoms with van der Waals surface area (Å²) in [6, 6.07) is 14.8. The van der Waals surface area contributed by atoms with Gasteiger partial charge in [0.2, 0.25) is 0 Å². The Bertz CT molecular complexity index is 765. The molecule has 1 aliphatic rings. The number of benzene rings is 2. The van der Waals surface area contributed by atoms with Crippen molar-refractivity contribution in [2.45, 2.75) is 19.4 Å². The van der Waals surface area contributed by atoms with E-state index in [2.05, 4.69) is 5.32 Å². The quantitative estimate of drug-likeness (QED) is 0.670. The summed E-state index contributed by atoms with van der Waals surface area (Å²) in [4.78, 5) is 13.9. The Kier molecular flexibility index (Phi) is 6.96. The molecule has 1 saturated carbocycles. The maximum atomic E-state index is 12.3. The van der Waals surface area contributed by atoms with Crippen LogP contribution in [0, 0.1) is 5.92 Å². The van der Waals surface area contributed by atoms with E-state index in [1.54, 1.807) is 24.1 Å². The SMILES string of the molecule is CN(CCOc1cccc(Cl)c1)C(=O)Nc1cccc(COCC2CC2)c1. The van der Waals surface area contributed by atoms with Crippen LogP contribution in [0.1, 0.15) is 18.4 Å². The molecule has 5 nitrogen and oxygen atoms in total. The van der Waals surface area contributed by atoms with Crippen LogP contribution in [0.25, 0.3) is 0 Å². The predicted octanol–water partition coefficient (Wildman–Crippen LogP) is 4.81. The summed E-state index contributed by atoms with van der Waals surface area (Å²) in [6.45, 7) is 2.25. The van der Waals surface area contributed by atoms with E-state index >= 15 is 0 Å². The first-order valence-corrected chi connectivity index (χ1v) is 9.55. The minimum absolute atomic E-state index is 0.180. The van der Waals surface area contributed by atoms with E-state index in [0.717, 1.165) is 23.8 Å². The molecule has 3 rings (SSSR count). The maximum Gasteiger partial charge on any atom is 0.321 e. The Morgan fingerprint density at radius 3 is 2.81 bits per heavy atom. The van der Waals surface area contributed by atoms with Crippen LogP contribution in [0.5, 0.6) is 5.75 Å². The van der Waals surface area contributed by atoms with Crippen molar-refractivity contribution >= 4 is 23.3 Å². The van der Waals surface area contributed by atoms with Crippen molar-refractivity contribution in [2.24, 2.45) is 5.92 Å². The van der Waals surface area contributed by atoms with E-state index in [1.165, 1.54) is 12.8 Å². The van der Waals surface area contributed by atoms with Crippen LogP contribution in [-0.2, 0) is 11.3 Å². The number of carbonyl (C=O) groups is 1. The molecular formula is C21H25ClN2O3. The molecule has 144 valence electrons. The van der Waals surface area contributed by atoms with Gasteiger partial charge in [-0.2, -0.15) is 0 Å². The van der Waals surface area contributed by atoms with Gasteiger partial charge in [0, 0.05) is 24.4 Å². The second-order valence-electron chi connectivity index (χ2n) is 6.82. The lowest BCUT2D eigenvalue weighted by molar-refractivity contribution is 0.111. The fourth-order valence-electron chi connectivity index (χ4n) is 2.54. The smallest absolute Gasteiger partial charge is 0.321 e. The Morgan fingerprint density at radius 2 is 2.04 bits per heavy atom. The highest BCUT2D eigenvalue weighted by Gasteiger charge is 2.21. The Morgan fingerprint density at radius 1 is 1.22 bits per heavy atom. The molecule has 2 aromatic carbocycles. The van der Waals surface area contributed by atoms with Gasteiger partial charge in [0.05, 0.1) is 13.2 Å². The summed E-state index contributed by atoms with van der Waals surface area (Å²) in [6.07, 6.45) is 2.56. The minimum atomic E-state index is -0.180. The molecule has 0 heterocycles. The number of hydrogen-bond donors (Lipinski definition) is 1. The van der Waals surface area contributed by atoms with Gasteiger partial charge in [-0.3, -0.25) is 0 Å². The molecule has 0 unspecified atom stereocenters. The first-order valence-electron chi connectivity index (χ1n) is 9.17. The topological polar surface area (TPSA) is 50.8 Å². The summed E-state index contributed by atoms with van der Waals surface area (Å²) < 4.78 is 11.3. The molecule has 1 fully saturated rings. The van der Waals surface area contributed by atoms with Crippen LogP contribution in [0.15, 0.2) is 48.5 Å². The second kappa shape index (κ2) is 9.62. The minimum Gasteiger partial charge on any atom is -0.492 e. The molecule has 2 amide bonds. The molecule has 0 bridgehead atoms. The van der Waals surface area contributed by atoms with Crippen molar-refractivity contribution in [1.82, 2.24) is 4.90 Å². The number of rotatable bonds is 9. The monoisotopic (exact) mass is 388 g/mol. The zero-order chi connectivity index (χ0) is 19.1. The molecule has 6 heteroatoms. The average Bonchev–Trinajstić information content (AvgIpc) is 3.46. The molecule has 27 heavy (non-hydrogen) atoms. The van der Waals surface area contributed by atoms with Crippen LogP contribution in [-0.4, -0.2) is 37.7 Å². The van der Waals surface area contributed by atoms with Crippen LogP contribution in [0.2, 0.25) is 5.02 Å².